The molecular weight excluding hydrogens is 344 g/mol. The van der Waals surface area contributed by atoms with Gasteiger partial charge in [-0.05, 0) is 48.7 Å². The van der Waals surface area contributed by atoms with Crippen LogP contribution in [-0.4, -0.2) is 32.6 Å². The molecule has 4 N–H and O–H groups in total. The molecule has 2 aliphatic rings. The minimum absolute atomic E-state index is 0.0744. The third kappa shape index (κ3) is 2.58. The summed E-state index contributed by atoms with van der Waals surface area (Å²) in [6.07, 6.45) is 6.03. The summed E-state index contributed by atoms with van der Waals surface area (Å²) in [5.74, 6) is -0.203. The SMILES string of the molecule is C/C=C\C(=C/C)c1cc2c(cc1O)OCC1(O)Cc3cc(O)c(O)cc3C21. The van der Waals surface area contributed by atoms with E-state index in [2.05, 4.69) is 0 Å². The van der Waals surface area contributed by atoms with Gasteiger partial charge in [-0.15, -0.1) is 0 Å². The van der Waals surface area contributed by atoms with Crippen molar-refractivity contribution in [2.45, 2.75) is 31.8 Å². The van der Waals surface area contributed by atoms with Gasteiger partial charge in [0.25, 0.3) is 0 Å². The van der Waals surface area contributed by atoms with E-state index in [0.717, 1.165) is 22.3 Å². The van der Waals surface area contributed by atoms with Gasteiger partial charge in [0.1, 0.15) is 23.7 Å². The van der Waals surface area contributed by atoms with Crippen LogP contribution >= 0.6 is 0 Å². The Morgan fingerprint density at radius 3 is 2.48 bits per heavy atom. The minimum atomic E-state index is -1.17. The number of ether oxygens (including phenoxy) is 1. The summed E-state index contributed by atoms with van der Waals surface area (Å²) < 4.78 is 5.77. The van der Waals surface area contributed by atoms with E-state index < -0.39 is 11.5 Å². The van der Waals surface area contributed by atoms with Crippen molar-refractivity contribution in [2.24, 2.45) is 0 Å². The van der Waals surface area contributed by atoms with Crippen molar-refractivity contribution in [3.8, 4) is 23.0 Å². The van der Waals surface area contributed by atoms with Crippen LogP contribution in [0.4, 0.5) is 0 Å². The first-order chi connectivity index (χ1) is 12.9. The van der Waals surface area contributed by atoms with Crippen molar-refractivity contribution in [3.05, 3.63) is 64.7 Å². The van der Waals surface area contributed by atoms with Crippen molar-refractivity contribution < 1.29 is 25.2 Å². The van der Waals surface area contributed by atoms with Crippen molar-refractivity contribution >= 4 is 5.57 Å². The molecule has 0 amide bonds. The number of fused-ring (bicyclic) bond motifs is 5. The predicted molar refractivity (Wildman–Crippen MR) is 102 cm³/mol. The van der Waals surface area contributed by atoms with E-state index in [-0.39, 0.29) is 23.9 Å². The molecule has 140 valence electrons. The zero-order chi connectivity index (χ0) is 19.3. The van der Waals surface area contributed by atoms with Crippen LogP contribution in [0.3, 0.4) is 0 Å². The van der Waals surface area contributed by atoms with Crippen LogP contribution in [0.25, 0.3) is 5.57 Å². The molecule has 0 aromatic heterocycles. The smallest absolute Gasteiger partial charge is 0.157 e. The predicted octanol–water partition coefficient (Wildman–Crippen LogP) is 3.59. The van der Waals surface area contributed by atoms with Gasteiger partial charge in [0.05, 0.1) is 0 Å². The largest absolute Gasteiger partial charge is 0.507 e. The Labute approximate surface area is 157 Å². The zero-order valence-electron chi connectivity index (χ0n) is 15.2. The molecule has 1 heterocycles. The number of hydrogen-bond acceptors (Lipinski definition) is 5. The Bertz CT molecular complexity index is 989. The first-order valence-corrected chi connectivity index (χ1v) is 8.94. The number of rotatable bonds is 2. The van der Waals surface area contributed by atoms with Crippen LogP contribution in [0.15, 0.2) is 42.5 Å². The molecule has 0 fully saturated rings. The molecule has 1 aliphatic heterocycles. The molecule has 2 unspecified atom stereocenters. The second kappa shape index (κ2) is 6.06. The third-order valence-electron chi connectivity index (χ3n) is 5.47. The lowest BCUT2D eigenvalue weighted by molar-refractivity contribution is -0.0219. The van der Waals surface area contributed by atoms with E-state index in [1.807, 2.05) is 38.1 Å². The van der Waals surface area contributed by atoms with Gasteiger partial charge in [-0.3, -0.25) is 0 Å². The summed E-state index contributed by atoms with van der Waals surface area (Å²) >= 11 is 0. The number of phenolic OH excluding ortho intramolecular Hbond substituents is 3. The summed E-state index contributed by atoms with van der Waals surface area (Å²) in [4.78, 5) is 0. The van der Waals surface area contributed by atoms with Gasteiger partial charge >= 0.3 is 0 Å². The van der Waals surface area contributed by atoms with Gasteiger partial charge in [0.2, 0.25) is 0 Å². The van der Waals surface area contributed by atoms with E-state index >= 15 is 0 Å². The maximum absolute atomic E-state index is 11.2. The highest BCUT2D eigenvalue weighted by atomic mass is 16.5. The molecule has 2 atom stereocenters. The Balaban J connectivity index is 1.93. The van der Waals surface area contributed by atoms with E-state index in [0.29, 0.717) is 17.7 Å². The molecule has 0 radical (unpaired) electrons. The molecule has 0 spiro atoms. The highest BCUT2D eigenvalue weighted by molar-refractivity contribution is 5.79. The first kappa shape index (κ1) is 17.5. The standard InChI is InChI=1S/C22H22O5/c1-3-5-12(4-2)14-7-16-20(9-17(14)23)27-11-22(26)10-13-6-18(24)19(25)8-15(13)21(16)22/h3-9,21,23-26H,10-11H2,1-2H3/b5-3-,12-4+. The first-order valence-electron chi connectivity index (χ1n) is 8.94. The number of phenols is 3. The highest BCUT2D eigenvalue weighted by Crippen LogP contribution is 2.54. The average molecular weight is 366 g/mol. The second-order valence-corrected chi connectivity index (χ2v) is 7.19. The Morgan fingerprint density at radius 2 is 1.78 bits per heavy atom. The van der Waals surface area contributed by atoms with Gasteiger partial charge in [0.15, 0.2) is 11.5 Å². The number of hydrogen-bond donors (Lipinski definition) is 4. The fourth-order valence-electron chi connectivity index (χ4n) is 4.26. The lowest BCUT2D eigenvalue weighted by Crippen LogP contribution is -2.43. The Kier molecular flexibility index (Phi) is 3.93. The third-order valence-corrected chi connectivity index (χ3v) is 5.47. The molecular formula is C22H22O5. The minimum Gasteiger partial charge on any atom is -0.507 e. The maximum atomic E-state index is 11.2. The summed E-state index contributed by atoms with van der Waals surface area (Å²) in [6.45, 7) is 3.88. The van der Waals surface area contributed by atoms with Gasteiger partial charge < -0.3 is 25.2 Å². The van der Waals surface area contributed by atoms with E-state index in [1.165, 1.54) is 12.1 Å². The zero-order valence-corrected chi connectivity index (χ0v) is 15.2. The molecule has 0 bridgehead atoms. The van der Waals surface area contributed by atoms with Crippen LogP contribution in [0, 0.1) is 0 Å². The van der Waals surface area contributed by atoms with Crippen molar-refractivity contribution in [2.75, 3.05) is 6.61 Å². The van der Waals surface area contributed by atoms with E-state index in [9.17, 15) is 20.4 Å². The molecule has 0 saturated heterocycles. The average Bonchev–Trinajstić information content (AvgIpc) is 2.91. The summed E-state index contributed by atoms with van der Waals surface area (Å²) in [6, 6.07) is 6.43. The molecule has 1 aliphatic carbocycles. The van der Waals surface area contributed by atoms with Crippen LogP contribution in [0.5, 0.6) is 23.0 Å². The second-order valence-electron chi connectivity index (χ2n) is 7.19. The number of aromatic hydroxyl groups is 3. The van der Waals surface area contributed by atoms with E-state index in [4.69, 9.17) is 4.74 Å². The molecule has 5 heteroatoms. The summed E-state index contributed by atoms with van der Waals surface area (Å²) in [7, 11) is 0. The Hall–Kier alpha value is -2.92. The maximum Gasteiger partial charge on any atom is 0.157 e. The normalized spacial score (nSPS) is 23.7. The number of allylic oxidation sites excluding steroid dienone is 4. The van der Waals surface area contributed by atoms with E-state index in [1.54, 1.807) is 6.07 Å². The molecule has 5 nitrogen and oxygen atoms in total. The van der Waals surface area contributed by atoms with Gasteiger partial charge in [-0.25, -0.2) is 0 Å². The van der Waals surface area contributed by atoms with Crippen LogP contribution in [0.1, 0.15) is 42.0 Å². The lowest BCUT2D eigenvalue weighted by Gasteiger charge is -2.37. The van der Waals surface area contributed by atoms with Gasteiger partial charge in [-0.2, -0.15) is 0 Å². The van der Waals surface area contributed by atoms with Crippen molar-refractivity contribution in [1.29, 1.82) is 0 Å². The van der Waals surface area contributed by atoms with Crippen molar-refractivity contribution in [3.63, 3.8) is 0 Å². The lowest BCUT2D eigenvalue weighted by atomic mass is 9.79. The van der Waals surface area contributed by atoms with Crippen LogP contribution in [0.2, 0.25) is 0 Å². The number of benzene rings is 2. The molecule has 0 saturated carbocycles. The van der Waals surface area contributed by atoms with Gasteiger partial charge in [0, 0.05) is 29.5 Å². The monoisotopic (exact) mass is 366 g/mol. The summed E-state index contributed by atoms with van der Waals surface area (Å²) in [5, 5.41) is 41.5. The quantitative estimate of drug-likeness (QED) is 0.482. The fourth-order valence-corrected chi connectivity index (χ4v) is 4.26. The van der Waals surface area contributed by atoms with Crippen LogP contribution < -0.4 is 4.74 Å². The topological polar surface area (TPSA) is 90.2 Å². The molecule has 27 heavy (non-hydrogen) atoms. The molecule has 2 aromatic rings. The fraction of sp³-hybridized carbons (Fsp3) is 0.273. The van der Waals surface area contributed by atoms with Crippen molar-refractivity contribution in [1.82, 2.24) is 0 Å². The number of aliphatic hydroxyl groups is 1. The molecule has 2 aromatic carbocycles. The molecule has 4 rings (SSSR count). The van der Waals surface area contributed by atoms with Gasteiger partial charge in [-0.1, -0.05) is 18.2 Å². The highest BCUT2D eigenvalue weighted by Gasteiger charge is 2.50. The van der Waals surface area contributed by atoms with Crippen LogP contribution in [-0.2, 0) is 6.42 Å². The Morgan fingerprint density at radius 1 is 1.04 bits per heavy atom. The summed E-state index contributed by atoms with van der Waals surface area (Å²) in [5.41, 5.74) is 2.65.